The molecule has 1 aliphatic heterocycles. The summed E-state index contributed by atoms with van der Waals surface area (Å²) in [7, 11) is 2.20. The van der Waals surface area contributed by atoms with Gasteiger partial charge in [0, 0.05) is 23.0 Å². The number of rotatable bonds is 3. The molecule has 0 spiro atoms. The van der Waals surface area contributed by atoms with Gasteiger partial charge in [-0.25, -0.2) is 0 Å². The highest BCUT2D eigenvalue weighted by atomic mass is 16.3. The van der Waals surface area contributed by atoms with Gasteiger partial charge in [-0.2, -0.15) is 0 Å². The molecule has 3 nitrogen and oxygen atoms in total. The second-order valence-electron chi connectivity index (χ2n) is 5.65. The fourth-order valence-corrected chi connectivity index (χ4v) is 2.95. The molecule has 2 aromatic rings. The van der Waals surface area contributed by atoms with E-state index in [1.54, 1.807) is 0 Å². The number of fused-ring (bicyclic) bond motifs is 1. The monoisotopic (exact) mass is 258 g/mol. The number of furan rings is 1. The Bertz CT molecular complexity index is 540. The third kappa shape index (κ3) is 2.67. The van der Waals surface area contributed by atoms with Crippen LogP contribution in [0.15, 0.2) is 34.9 Å². The molecule has 3 heteroatoms. The van der Waals surface area contributed by atoms with Gasteiger partial charge in [-0.3, -0.25) is 0 Å². The lowest BCUT2D eigenvalue weighted by Gasteiger charge is -2.31. The molecule has 3 rings (SSSR count). The van der Waals surface area contributed by atoms with Crippen molar-refractivity contribution in [1.29, 1.82) is 0 Å². The maximum absolute atomic E-state index is 5.63. The van der Waals surface area contributed by atoms with Crippen LogP contribution in [0, 0.1) is 0 Å². The van der Waals surface area contributed by atoms with E-state index in [9.17, 15) is 0 Å². The lowest BCUT2D eigenvalue weighted by molar-refractivity contribution is 0.226. The van der Waals surface area contributed by atoms with Gasteiger partial charge in [-0.15, -0.1) is 0 Å². The number of piperidine rings is 1. The topological polar surface area (TPSA) is 28.4 Å². The van der Waals surface area contributed by atoms with E-state index in [-0.39, 0.29) is 0 Å². The first-order valence-corrected chi connectivity index (χ1v) is 7.15. The van der Waals surface area contributed by atoms with Crippen molar-refractivity contribution < 1.29 is 4.42 Å². The second-order valence-corrected chi connectivity index (χ2v) is 5.65. The summed E-state index contributed by atoms with van der Waals surface area (Å²) < 4.78 is 5.63. The van der Waals surface area contributed by atoms with Gasteiger partial charge in [0.05, 0.1) is 6.26 Å². The van der Waals surface area contributed by atoms with Crippen molar-refractivity contribution in [2.75, 3.05) is 20.1 Å². The first-order valence-electron chi connectivity index (χ1n) is 7.15. The summed E-state index contributed by atoms with van der Waals surface area (Å²) in [6, 6.07) is 9.23. The number of para-hydroxylation sites is 1. The van der Waals surface area contributed by atoms with Gasteiger partial charge >= 0.3 is 0 Å². The highest BCUT2D eigenvalue weighted by Crippen LogP contribution is 2.27. The van der Waals surface area contributed by atoms with Crippen LogP contribution in [0.1, 0.15) is 31.4 Å². The predicted octanol–water partition coefficient (Wildman–Crippen LogP) is 3.18. The van der Waals surface area contributed by atoms with Crippen molar-refractivity contribution in [3.63, 3.8) is 0 Å². The summed E-state index contributed by atoms with van der Waals surface area (Å²) in [6.07, 6.45) is 4.37. The minimum absolute atomic E-state index is 0.344. The van der Waals surface area contributed by atoms with E-state index in [0.29, 0.717) is 12.1 Å². The number of nitrogens with zero attached hydrogens (tertiary/aromatic N) is 1. The third-order valence-electron chi connectivity index (χ3n) is 4.18. The Morgan fingerprint density at radius 2 is 2.00 bits per heavy atom. The summed E-state index contributed by atoms with van der Waals surface area (Å²) in [5.74, 6) is 0. The molecule has 1 aliphatic rings. The van der Waals surface area contributed by atoms with Gasteiger partial charge in [0.25, 0.3) is 0 Å². The molecule has 1 N–H and O–H groups in total. The maximum atomic E-state index is 5.63. The summed E-state index contributed by atoms with van der Waals surface area (Å²) >= 11 is 0. The van der Waals surface area contributed by atoms with Crippen molar-refractivity contribution in [1.82, 2.24) is 10.2 Å². The van der Waals surface area contributed by atoms with Gasteiger partial charge < -0.3 is 14.6 Å². The summed E-state index contributed by atoms with van der Waals surface area (Å²) in [6.45, 7) is 4.61. The molecule has 1 aromatic heterocycles. The van der Waals surface area contributed by atoms with Crippen LogP contribution in [0.5, 0.6) is 0 Å². The van der Waals surface area contributed by atoms with E-state index in [1.807, 2.05) is 18.4 Å². The van der Waals surface area contributed by atoms with E-state index in [2.05, 4.69) is 36.3 Å². The Kier molecular flexibility index (Phi) is 3.58. The van der Waals surface area contributed by atoms with Crippen LogP contribution in [0.4, 0.5) is 0 Å². The van der Waals surface area contributed by atoms with E-state index in [1.165, 1.54) is 36.9 Å². The molecule has 2 heterocycles. The third-order valence-corrected chi connectivity index (χ3v) is 4.18. The zero-order valence-electron chi connectivity index (χ0n) is 11.7. The Morgan fingerprint density at radius 1 is 1.26 bits per heavy atom. The summed E-state index contributed by atoms with van der Waals surface area (Å²) in [4.78, 5) is 2.40. The molecule has 0 saturated carbocycles. The van der Waals surface area contributed by atoms with E-state index in [4.69, 9.17) is 4.42 Å². The smallest absolute Gasteiger partial charge is 0.134 e. The van der Waals surface area contributed by atoms with Gasteiger partial charge in [0.1, 0.15) is 5.58 Å². The van der Waals surface area contributed by atoms with Crippen LogP contribution in [-0.4, -0.2) is 31.1 Å². The Morgan fingerprint density at radius 3 is 2.79 bits per heavy atom. The van der Waals surface area contributed by atoms with Crippen molar-refractivity contribution in [2.45, 2.75) is 31.8 Å². The minimum Gasteiger partial charge on any atom is -0.464 e. The van der Waals surface area contributed by atoms with Crippen molar-refractivity contribution in [3.8, 4) is 0 Å². The minimum atomic E-state index is 0.344. The summed E-state index contributed by atoms with van der Waals surface area (Å²) in [5, 5.41) is 4.98. The normalized spacial score (nSPS) is 19.9. The molecule has 0 aliphatic carbocycles. The lowest BCUT2D eigenvalue weighted by Crippen LogP contribution is -2.41. The Labute approximate surface area is 114 Å². The molecule has 1 aromatic carbocycles. The van der Waals surface area contributed by atoms with E-state index < -0.39 is 0 Å². The van der Waals surface area contributed by atoms with Crippen LogP contribution in [0.2, 0.25) is 0 Å². The molecule has 19 heavy (non-hydrogen) atoms. The standard InChI is InChI=1S/C16H22N2O/c1-12(17-13-7-9-18(2)10-8-13)15-11-19-16-6-4-3-5-14(15)16/h3-6,11-13,17H,7-10H2,1-2H3/t12-/m0/s1. The average Bonchev–Trinajstić information content (AvgIpc) is 2.85. The highest BCUT2D eigenvalue weighted by molar-refractivity contribution is 5.81. The van der Waals surface area contributed by atoms with E-state index >= 15 is 0 Å². The maximum Gasteiger partial charge on any atom is 0.134 e. The molecular formula is C16H22N2O. The Balaban J connectivity index is 1.71. The highest BCUT2D eigenvalue weighted by Gasteiger charge is 2.20. The molecule has 0 radical (unpaired) electrons. The average molecular weight is 258 g/mol. The first kappa shape index (κ1) is 12.7. The summed E-state index contributed by atoms with van der Waals surface area (Å²) in [5.41, 5.74) is 2.25. The molecule has 0 amide bonds. The SMILES string of the molecule is C[C@H](NC1CCN(C)CC1)c1coc2ccccc12. The van der Waals surface area contributed by atoms with Crippen LogP contribution >= 0.6 is 0 Å². The van der Waals surface area contributed by atoms with Crippen LogP contribution in [0.25, 0.3) is 11.0 Å². The number of nitrogens with one attached hydrogen (secondary N) is 1. The predicted molar refractivity (Wildman–Crippen MR) is 78.3 cm³/mol. The number of benzene rings is 1. The van der Waals surface area contributed by atoms with Gasteiger partial charge in [0.15, 0.2) is 0 Å². The van der Waals surface area contributed by atoms with Gasteiger partial charge in [-0.1, -0.05) is 18.2 Å². The number of likely N-dealkylation sites (tertiary alicyclic amines) is 1. The second kappa shape index (κ2) is 5.35. The molecule has 1 fully saturated rings. The molecule has 1 saturated heterocycles. The number of hydrogen-bond acceptors (Lipinski definition) is 3. The molecule has 1 atom stereocenters. The molecule has 0 bridgehead atoms. The quantitative estimate of drug-likeness (QED) is 0.916. The van der Waals surface area contributed by atoms with Gasteiger partial charge in [-0.05, 0) is 46.0 Å². The van der Waals surface area contributed by atoms with Crippen molar-refractivity contribution in [3.05, 3.63) is 36.1 Å². The van der Waals surface area contributed by atoms with Crippen molar-refractivity contribution in [2.24, 2.45) is 0 Å². The fraction of sp³-hybridized carbons (Fsp3) is 0.500. The fourth-order valence-electron chi connectivity index (χ4n) is 2.95. The molecular weight excluding hydrogens is 236 g/mol. The van der Waals surface area contributed by atoms with Gasteiger partial charge in [0.2, 0.25) is 0 Å². The Hall–Kier alpha value is -1.32. The molecule has 0 unspecified atom stereocenters. The van der Waals surface area contributed by atoms with Crippen LogP contribution < -0.4 is 5.32 Å². The van der Waals surface area contributed by atoms with Crippen molar-refractivity contribution >= 4 is 11.0 Å². The zero-order chi connectivity index (χ0) is 13.2. The molecule has 102 valence electrons. The largest absolute Gasteiger partial charge is 0.464 e. The lowest BCUT2D eigenvalue weighted by atomic mass is 10.0. The first-order chi connectivity index (χ1) is 9.24. The van der Waals surface area contributed by atoms with E-state index in [0.717, 1.165) is 5.58 Å². The van der Waals surface area contributed by atoms with Crippen LogP contribution in [-0.2, 0) is 0 Å². The van der Waals surface area contributed by atoms with Crippen LogP contribution in [0.3, 0.4) is 0 Å². The zero-order valence-corrected chi connectivity index (χ0v) is 11.7. The number of hydrogen-bond donors (Lipinski definition) is 1.